The summed E-state index contributed by atoms with van der Waals surface area (Å²) < 4.78 is 0. The normalized spacial score (nSPS) is 13.2. The van der Waals surface area contributed by atoms with E-state index in [1.807, 2.05) is 6.92 Å². The van der Waals surface area contributed by atoms with Gasteiger partial charge < -0.3 is 15.7 Å². The standard InChI is InChI=1S/C13H22N2O3/c1-4-7-11(5-2)15-13(18)14-9-6-8-10(3)12(16)17/h1,10-11H,5-9H2,2-3H3,(H,16,17)(H2,14,15,18). The molecule has 5 heteroatoms. The zero-order chi connectivity index (χ0) is 14.0. The molecule has 0 aromatic rings. The lowest BCUT2D eigenvalue weighted by Crippen LogP contribution is -2.42. The summed E-state index contributed by atoms with van der Waals surface area (Å²) in [5, 5.41) is 14.1. The Morgan fingerprint density at radius 1 is 1.44 bits per heavy atom. The minimum absolute atomic E-state index is 0.00653. The van der Waals surface area contributed by atoms with E-state index in [-0.39, 0.29) is 18.0 Å². The van der Waals surface area contributed by atoms with Crippen LogP contribution in [0.3, 0.4) is 0 Å². The maximum atomic E-state index is 11.5. The molecule has 0 aliphatic carbocycles. The van der Waals surface area contributed by atoms with Gasteiger partial charge in [0.25, 0.3) is 0 Å². The summed E-state index contributed by atoms with van der Waals surface area (Å²) in [6.45, 7) is 4.08. The topological polar surface area (TPSA) is 78.4 Å². The first-order valence-corrected chi connectivity index (χ1v) is 6.21. The number of aliphatic carboxylic acids is 1. The fourth-order valence-corrected chi connectivity index (χ4v) is 1.41. The molecule has 0 saturated carbocycles. The Kier molecular flexibility index (Phi) is 8.46. The van der Waals surface area contributed by atoms with Crippen LogP contribution in [-0.4, -0.2) is 29.7 Å². The molecule has 0 saturated heterocycles. The zero-order valence-electron chi connectivity index (χ0n) is 11.0. The minimum Gasteiger partial charge on any atom is -0.481 e. The van der Waals surface area contributed by atoms with E-state index in [1.54, 1.807) is 6.92 Å². The van der Waals surface area contributed by atoms with Crippen LogP contribution in [0.4, 0.5) is 4.79 Å². The highest BCUT2D eigenvalue weighted by Crippen LogP contribution is 2.04. The maximum Gasteiger partial charge on any atom is 0.315 e. The van der Waals surface area contributed by atoms with Crippen LogP contribution >= 0.6 is 0 Å². The van der Waals surface area contributed by atoms with Gasteiger partial charge in [0.05, 0.1) is 5.92 Å². The third-order valence-corrected chi connectivity index (χ3v) is 2.71. The van der Waals surface area contributed by atoms with Crippen molar-refractivity contribution < 1.29 is 14.7 Å². The smallest absolute Gasteiger partial charge is 0.315 e. The molecular formula is C13H22N2O3. The Hall–Kier alpha value is -1.70. The van der Waals surface area contributed by atoms with Gasteiger partial charge in [-0.2, -0.15) is 0 Å². The van der Waals surface area contributed by atoms with Gasteiger partial charge in [-0.1, -0.05) is 13.8 Å². The molecule has 0 aromatic carbocycles. The summed E-state index contributed by atoms with van der Waals surface area (Å²) in [6, 6.07) is -0.256. The third-order valence-electron chi connectivity index (χ3n) is 2.71. The second-order valence-corrected chi connectivity index (χ2v) is 4.30. The van der Waals surface area contributed by atoms with Gasteiger partial charge in [0.2, 0.25) is 0 Å². The quantitative estimate of drug-likeness (QED) is 0.454. The number of carbonyl (C=O) groups is 2. The van der Waals surface area contributed by atoms with E-state index in [9.17, 15) is 9.59 Å². The van der Waals surface area contributed by atoms with Crippen LogP contribution < -0.4 is 10.6 Å². The van der Waals surface area contributed by atoms with Crippen LogP contribution in [0.1, 0.15) is 39.5 Å². The van der Waals surface area contributed by atoms with Crippen molar-refractivity contribution in [2.75, 3.05) is 6.54 Å². The lowest BCUT2D eigenvalue weighted by molar-refractivity contribution is -0.141. The van der Waals surface area contributed by atoms with Gasteiger partial charge in [0.15, 0.2) is 0 Å². The molecule has 102 valence electrons. The Morgan fingerprint density at radius 3 is 2.61 bits per heavy atom. The number of nitrogens with one attached hydrogen (secondary N) is 2. The van der Waals surface area contributed by atoms with Crippen LogP contribution in [0.15, 0.2) is 0 Å². The highest BCUT2D eigenvalue weighted by atomic mass is 16.4. The van der Waals surface area contributed by atoms with Crippen LogP contribution in [0, 0.1) is 18.3 Å². The summed E-state index contributed by atoms with van der Waals surface area (Å²) in [4.78, 5) is 22.0. The number of hydrogen-bond donors (Lipinski definition) is 3. The van der Waals surface area contributed by atoms with Gasteiger partial charge in [0, 0.05) is 19.0 Å². The highest BCUT2D eigenvalue weighted by Gasteiger charge is 2.11. The number of carboxylic acid groups (broad SMARTS) is 1. The Bertz CT molecular complexity index is 310. The van der Waals surface area contributed by atoms with E-state index < -0.39 is 5.97 Å². The number of urea groups is 1. The van der Waals surface area contributed by atoms with Crippen molar-refractivity contribution in [2.45, 2.75) is 45.6 Å². The molecule has 5 nitrogen and oxygen atoms in total. The molecule has 0 spiro atoms. The van der Waals surface area contributed by atoms with Crippen molar-refractivity contribution in [3.05, 3.63) is 0 Å². The lowest BCUT2D eigenvalue weighted by atomic mass is 10.1. The lowest BCUT2D eigenvalue weighted by Gasteiger charge is -2.15. The molecule has 18 heavy (non-hydrogen) atoms. The van der Waals surface area contributed by atoms with Crippen molar-refractivity contribution in [3.8, 4) is 12.3 Å². The first-order chi connectivity index (χ1) is 8.51. The van der Waals surface area contributed by atoms with E-state index >= 15 is 0 Å². The molecular weight excluding hydrogens is 232 g/mol. The van der Waals surface area contributed by atoms with Crippen LogP contribution in [-0.2, 0) is 4.79 Å². The number of amides is 2. The van der Waals surface area contributed by atoms with E-state index in [2.05, 4.69) is 16.6 Å². The maximum absolute atomic E-state index is 11.5. The van der Waals surface area contributed by atoms with Crippen molar-refractivity contribution in [3.63, 3.8) is 0 Å². The van der Waals surface area contributed by atoms with Crippen molar-refractivity contribution in [1.82, 2.24) is 10.6 Å². The second kappa shape index (κ2) is 9.34. The molecule has 2 unspecified atom stereocenters. The average molecular weight is 254 g/mol. The van der Waals surface area contributed by atoms with Crippen molar-refractivity contribution in [2.24, 2.45) is 5.92 Å². The van der Waals surface area contributed by atoms with E-state index in [0.29, 0.717) is 25.8 Å². The highest BCUT2D eigenvalue weighted by molar-refractivity contribution is 5.74. The number of hydrogen-bond acceptors (Lipinski definition) is 2. The van der Waals surface area contributed by atoms with E-state index in [4.69, 9.17) is 11.5 Å². The fraction of sp³-hybridized carbons (Fsp3) is 0.692. The molecule has 2 amide bonds. The molecule has 3 N–H and O–H groups in total. The predicted octanol–water partition coefficient (Wildman–Crippen LogP) is 1.59. The van der Waals surface area contributed by atoms with E-state index in [1.165, 1.54) is 0 Å². The Labute approximate surface area is 108 Å². The van der Waals surface area contributed by atoms with Crippen molar-refractivity contribution in [1.29, 1.82) is 0 Å². The summed E-state index contributed by atoms with van der Waals surface area (Å²) in [7, 11) is 0. The molecule has 0 aliphatic heterocycles. The van der Waals surface area contributed by atoms with Gasteiger partial charge in [-0.3, -0.25) is 4.79 Å². The molecule has 0 aromatic heterocycles. The minimum atomic E-state index is -0.806. The van der Waals surface area contributed by atoms with Gasteiger partial charge in [0.1, 0.15) is 0 Å². The molecule has 0 bridgehead atoms. The molecule has 0 aliphatic rings. The first-order valence-electron chi connectivity index (χ1n) is 6.21. The summed E-state index contributed by atoms with van der Waals surface area (Å²) in [6.07, 6.45) is 7.68. The zero-order valence-corrected chi connectivity index (χ0v) is 11.0. The number of terminal acetylenes is 1. The second-order valence-electron chi connectivity index (χ2n) is 4.30. The molecule has 0 heterocycles. The Morgan fingerprint density at radius 2 is 2.11 bits per heavy atom. The number of carbonyl (C=O) groups excluding carboxylic acids is 1. The predicted molar refractivity (Wildman–Crippen MR) is 70.1 cm³/mol. The van der Waals surface area contributed by atoms with Crippen LogP contribution in [0.25, 0.3) is 0 Å². The monoisotopic (exact) mass is 254 g/mol. The van der Waals surface area contributed by atoms with Crippen LogP contribution in [0.2, 0.25) is 0 Å². The summed E-state index contributed by atoms with van der Waals surface area (Å²) in [5.41, 5.74) is 0. The SMILES string of the molecule is C#CCC(CC)NC(=O)NCCCC(C)C(=O)O. The fourth-order valence-electron chi connectivity index (χ4n) is 1.41. The third kappa shape index (κ3) is 7.55. The van der Waals surface area contributed by atoms with Gasteiger partial charge in [-0.25, -0.2) is 4.79 Å². The molecule has 0 radical (unpaired) electrons. The van der Waals surface area contributed by atoms with Crippen LogP contribution in [0.5, 0.6) is 0 Å². The largest absolute Gasteiger partial charge is 0.481 e. The summed E-state index contributed by atoms with van der Waals surface area (Å²) in [5.74, 6) is 1.33. The van der Waals surface area contributed by atoms with Gasteiger partial charge in [-0.15, -0.1) is 12.3 Å². The van der Waals surface area contributed by atoms with Crippen molar-refractivity contribution >= 4 is 12.0 Å². The molecule has 0 fully saturated rings. The van der Waals surface area contributed by atoms with E-state index in [0.717, 1.165) is 6.42 Å². The number of rotatable bonds is 8. The van der Waals surface area contributed by atoms with Gasteiger partial charge in [-0.05, 0) is 19.3 Å². The Balaban J connectivity index is 3.71. The molecule has 2 atom stereocenters. The number of carboxylic acids is 1. The average Bonchev–Trinajstić information content (AvgIpc) is 2.33. The first kappa shape index (κ1) is 16.3. The van der Waals surface area contributed by atoms with Gasteiger partial charge >= 0.3 is 12.0 Å². The summed E-state index contributed by atoms with van der Waals surface area (Å²) >= 11 is 0. The molecule has 0 rings (SSSR count).